The first-order valence-electron chi connectivity index (χ1n) is 7.55. The van der Waals surface area contributed by atoms with Crippen molar-refractivity contribution in [2.24, 2.45) is 11.8 Å². The molecule has 0 radical (unpaired) electrons. The van der Waals surface area contributed by atoms with Crippen molar-refractivity contribution < 1.29 is 5.11 Å². The van der Waals surface area contributed by atoms with Gasteiger partial charge in [0.2, 0.25) is 0 Å². The summed E-state index contributed by atoms with van der Waals surface area (Å²) in [4.78, 5) is 2.59. The number of hydrogen-bond acceptors (Lipinski definition) is 2. The Kier molecular flexibility index (Phi) is 4.48. The van der Waals surface area contributed by atoms with Crippen molar-refractivity contribution in [3.63, 3.8) is 0 Å². The highest BCUT2D eigenvalue weighted by Crippen LogP contribution is 2.39. The van der Waals surface area contributed by atoms with E-state index in [1.165, 1.54) is 38.6 Å². The van der Waals surface area contributed by atoms with E-state index in [1.807, 2.05) is 0 Å². The summed E-state index contributed by atoms with van der Waals surface area (Å²) in [7, 11) is 0. The van der Waals surface area contributed by atoms with Gasteiger partial charge in [-0.1, -0.05) is 26.7 Å². The van der Waals surface area contributed by atoms with Gasteiger partial charge in [-0.05, 0) is 44.6 Å². The monoisotopic (exact) mass is 239 g/mol. The number of piperidine rings is 1. The summed E-state index contributed by atoms with van der Waals surface area (Å²) in [6, 6.07) is 0. The minimum absolute atomic E-state index is 0.299. The predicted molar refractivity (Wildman–Crippen MR) is 72.0 cm³/mol. The highest BCUT2D eigenvalue weighted by molar-refractivity contribution is 4.95. The number of nitrogens with zero attached hydrogens (tertiary/aromatic N) is 1. The molecule has 1 heterocycles. The van der Waals surface area contributed by atoms with E-state index >= 15 is 0 Å². The number of fused-ring (bicyclic) bond motifs is 1. The first-order chi connectivity index (χ1) is 8.10. The summed E-state index contributed by atoms with van der Waals surface area (Å²) < 4.78 is 0. The molecule has 0 aromatic heterocycles. The van der Waals surface area contributed by atoms with Crippen molar-refractivity contribution in [3.05, 3.63) is 0 Å². The first kappa shape index (κ1) is 13.4. The molecule has 0 aromatic carbocycles. The molecule has 0 amide bonds. The summed E-state index contributed by atoms with van der Waals surface area (Å²) in [5.41, 5.74) is -0.299. The largest absolute Gasteiger partial charge is 0.390 e. The van der Waals surface area contributed by atoms with Crippen LogP contribution >= 0.6 is 0 Å². The zero-order chi connectivity index (χ0) is 12.3. The molecule has 0 spiro atoms. The normalized spacial score (nSPS) is 34.9. The molecule has 17 heavy (non-hydrogen) atoms. The van der Waals surface area contributed by atoms with Gasteiger partial charge in [0.05, 0.1) is 5.60 Å². The Balaban J connectivity index is 1.77. The fraction of sp³-hybridized carbons (Fsp3) is 1.00. The second kappa shape index (κ2) is 5.71. The molecule has 1 aliphatic carbocycles. The van der Waals surface area contributed by atoms with Crippen LogP contribution in [0.5, 0.6) is 0 Å². The lowest BCUT2D eigenvalue weighted by molar-refractivity contribution is -0.0954. The minimum atomic E-state index is -0.299. The standard InChI is InChI=1S/C15H29NO/c1-13(2)6-5-10-16-11-9-15(17)8-4-3-7-14(15)12-16/h13-14,17H,3-12H2,1-2H3. The lowest BCUT2D eigenvalue weighted by atomic mass is 9.71. The Labute approximate surface area is 106 Å². The van der Waals surface area contributed by atoms with Crippen LogP contribution in [0.4, 0.5) is 0 Å². The zero-order valence-corrected chi connectivity index (χ0v) is 11.6. The van der Waals surface area contributed by atoms with Crippen LogP contribution in [0.1, 0.15) is 58.8 Å². The Morgan fingerprint density at radius 2 is 2.12 bits per heavy atom. The van der Waals surface area contributed by atoms with Gasteiger partial charge >= 0.3 is 0 Å². The molecule has 2 heteroatoms. The van der Waals surface area contributed by atoms with Crippen LogP contribution < -0.4 is 0 Å². The van der Waals surface area contributed by atoms with E-state index < -0.39 is 0 Å². The van der Waals surface area contributed by atoms with Crippen LogP contribution in [0.15, 0.2) is 0 Å². The third kappa shape index (κ3) is 3.45. The maximum atomic E-state index is 10.6. The van der Waals surface area contributed by atoms with E-state index in [0.717, 1.165) is 31.8 Å². The highest BCUT2D eigenvalue weighted by Gasteiger charge is 2.42. The molecule has 1 N–H and O–H groups in total. The zero-order valence-electron chi connectivity index (χ0n) is 11.6. The van der Waals surface area contributed by atoms with Crippen molar-refractivity contribution in [2.45, 2.75) is 64.4 Å². The Morgan fingerprint density at radius 3 is 2.88 bits per heavy atom. The second-order valence-corrected chi connectivity index (χ2v) is 6.63. The molecule has 1 saturated carbocycles. The van der Waals surface area contributed by atoms with Crippen LogP contribution in [-0.4, -0.2) is 35.2 Å². The van der Waals surface area contributed by atoms with Gasteiger partial charge in [-0.3, -0.25) is 0 Å². The first-order valence-corrected chi connectivity index (χ1v) is 7.55. The number of rotatable bonds is 4. The third-order valence-electron chi connectivity index (χ3n) is 4.77. The maximum absolute atomic E-state index is 10.6. The second-order valence-electron chi connectivity index (χ2n) is 6.63. The summed E-state index contributed by atoms with van der Waals surface area (Å²) >= 11 is 0. The molecule has 100 valence electrons. The summed E-state index contributed by atoms with van der Waals surface area (Å²) in [6.07, 6.45) is 8.54. The van der Waals surface area contributed by atoms with E-state index in [0.29, 0.717) is 5.92 Å². The SMILES string of the molecule is CC(C)CCCN1CCC2(O)CCCCC2C1. The number of hydrogen-bond donors (Lipinski definition) is 1. The predicted octanol–water partition coefficient (Wildman–Crippen LogP) is 3.05. The van der Waals surface area contributed by atoms with Crippen LogP contribution in [0.2, 0.25) is 0 Å². The molecule has 2 nitrogen and oxygen atoms in total. The average Bonchev–Trinajstić information content (AvgIpc) is 2.28. The van der Waals surface area contributed by atoms with Crippen molar-refractivity contribution in [1.29, 1.82) is 0 Å². The molecular formula is C15H29NO. The van der Waals surface area contributed by atoms with Gasteiger partial charge < -0.3 is 10.0 Å². The number of likely N-dealkylation sites (tertiary alicyclic amines) is 1. The van der Waals surface area contributed by atoms with Gasteiger partial charge in [-0.15, -0.1) is 0 Å². The lowest BCUT2D eigenvalue weighted by Gasteiger charge is -2.47. The van der Waals surface area contributed by atoms with Crippen LogP contribution in [-0.2, 0) is 0 Å². The molecule has 1 aliphatic heterocycles. The van der Waals surface area contributed by atoms with Crippen LogP contribution in [0.25, 0.3) is 0 Å². The third-order valence-corrected chi connectivity index (χ3v) is 4.77. The van der Waals surface area contributed by atoms with E-state index in [-0.39, 0.29) is 5.60 Å². The van der Waals surface area contributed by atoms with Crippen molar-refractivity contribution in [2.75, 3.05) is 19.6 Å². The molecule has 2 aliphatic rings. The summed E-state index contributed by atoms with van der Waals surface area (Å²) in [6.45, 7) is 8.11. The van der Waals surface area contributed by atoms with Gasteiger partial charge in [-0.25, -0.2) is 0 Å². The molecule has 2 atom stereocenters. The summed E-state index contributed by atoms with van der Waals surface area (Å²) in [5.74, 6) is 1.38. The lowest BCUT2D eigenvalue weighted by Crippen LogP contribution is -2.53. The Bertz CT molecular complexity index is 241. The molecule has 2 fully saturated rings. The van der Waals surface area contributed by atoms with Gasteiger partial charge in [0.25, 0.3) is 0 Å². The smallest absolute Gasteiger partial charge is 0.0700 e. The Morgan fingerprint density at radius 1 is 1.29 bits per heavy atom. The van der Waals surface area contributed by atoms with Crippen molar-refractivity contribution >= 4 is 0 Å². The Hall–Kier alpha value is -0.0800. The van der Waals surface area contributed by atoms with E-state index in [1.54, 1.807) is 0 Å². The van der Waals surface area contributed by atoms with Gasteiger partial charge in [-0.2, -0.15) is 0 Å². The number of aliphatic hydroxyl groups is 1. The molecule has 0 bridgehead atoms. The van der Waals surface area contributed by atoms with Gasteiger partial charge in [0.15, 0.2) is 0 Å². The minimum Gasteiger partial charge on any atom is -0.390 e. The molecule has 0 aromatic rings. The van der Waals surface area contributed by atoms with Crippen molar-refractivity contribution in [3.8, 4) is 0 Å². The van der Waals surface area contributed by atoms with Gasteiger partial charge in [0.1, 0.15) is 0 Å². The maximum Gasteiger partial charge on any atom is 0.0700 e. The molecule has 2 unspecified atom stereocenters. The fourth-order valence-electron chi connectivity index (χ4n) is 3.57. The quantitative estimate of drug-likeness (QED) is 0.815. The van der Waals surface area contributed by atoms with Crippen LogP contribution in [0, 0.1) is 11.8 Å². The topological polar surface area (TPSA) is 23.5 Å². The highest BCUT2D eigenvalue weighted by atomic mass is 16.3. The van der Waals surface area contributed by atoms with Gasteiger partial charge in [0, 0.05) is 19.0 Å². The van der Waals surface area contributed by atoms with E-state index in [4.69, 9.17) is 0 Å². The molecule has 1 saturated heterocycles. The molecular weight excluding hydrogens is 210 g/mol. The summed E-state index contributed by atoms with van der Waals surface area (Å²) in [5, 5.41) is 10.6. The van der Waals surface area contributed by atoms with E-state index in [9.17, 15) is 5.11 Å². The fourth-order valence-corrected chi connectivity index (χ4v) is 3.57. The van der Waals surface area contributed by atoms with Crippen LogP contribution in [0.3, 0.4) is 0 Å². The average molecular weight is 239 g/mol. The van der Waals surface area contributed by atoms with E-state index in [2.05, 4.69) is 18.7 Å². The molecule has 2 rings (SSSR count). The van der Waals surface area contributed by atoms with Crippen molar-refractivity contribution in [1.82, 2.24) is 4.90 Å².